The molecule has 1 aromatic carbocycles. The summed E-state index contributed by atoms with van der Waals surface area (Å²) in [4.78, 5) is 2.27. The monoisotopic (exact) mass is 233 g/mol. The van der Waals surface area contributed by atoms with Gasteiger partial charge >= 0.3 is 0 Å². The molecule has 0 heterocycles. The van der Waals surface area contributed by atoms with Crippen molar-refractivity contribution in [3.05, 3.63) is 48.6 Å². The van der Waals surface area contributed by atoms with Crippen molar-refractivity contribution in [2.45, 2.75) is 32.4 Å². The van der Waals surface area contributed by atoms with E-state index in [4.69, 9.17) is 0 Å². The zero-order chi connectivity index (χ0) is 12.5. The zero-order valence-corrected chi connectivity index (χ0v) is 10.7. The Morgan fingerprint density at radius 2 is 2.06 bits per heavy atom. The van der Waals surface area contributed by atoms with E-state index in [1.54, 1.807) is 0 Å². The molecule has 0 saturated heterocycles. The topological polar surface area (TPSA) is 23.5 Å². The highest BCUT2D eigenvalue weighted by Crippen LogP contribution is 2.07. The fourth-order valence-electron chi connectivity index (χ4n) is 1.85. The van der Waals surface area contributed by atoms with Crippen LogP contribution < -0.4 is 0 Å². The first-order valence-electron chi connectivity index (χ1n) is 6.31. The van der Waals surface area contributed by atoms with Crippen molar-refractivity contribution < 1.29 is 5.11 Å². The smallest absolute Gasteiger partial charge is 0.0670 e. The van der Waals surface area contributed by atoms with Gasteiger partial charge in [0.1, 0.15) is 0 Å². The van der Waals surface area contributed by atoms with Crippen LogP contribution in [0.5, 0.6) is 0 Å². The number of benzene rings is 1. The van der Waals surface area contributed by atoms with E-state index < -0.39 is 0 Å². The van der Waals surface area contributed by atoms with E-state index in [0.717, 1.165) is 32.5 Å². The maximum Gasteiger partial charge on any atom is 0.0670 e. The fourth-order valence-corrected chi connectivity index (χ4v) is 1.85. The van der Waals surface area contributed by atoms with Gasteiger partial charge in [-0.1, -0.05) is 43.3 Å². The molecule has 1 atom stereocenters. The Morgan fingerprint density at radius 1 is 1.35 bits per heavy atom. The molecule has 1 unspecified atom stereocenters. The molecule has 0 radical (unpaired) electrons. The van der Waals surface area contributed by atoms with Crippen molar-refractivity contribution in [3.8, 4) is 0 Å². The standard InChI is InChI=1S/C15H23NO/c1-3-5-11-15(17)13-16(4-2)12-14-9-7-6-8-10-14/h3,6-10,15,17H,1,4-5,11-13H2,2H3. The van der Waals surface area contributed by atoms with Crippen molar-refractivity contribution in [1.29, 1.82) is 0 Å². The van der Waals surface area contributed by atoms with Crippen molar-refractivity contribution in [1.82, 2.24) is 4.90 Å². The molecule has 0 aliphatic carbocycles. The minimum absolute atomic E-state index is 0.253. The van der Waals surface area contributed by atoms with Crippen molar-refractivity contribution in [3.63, 3.8) is 0 Å². The summed E-state index contributed by atoms with van der Waals surface area (Å²) in [5.74, 6) is 0. The first-order chi connectivity index (χ1) is 8.26. The summed E-state index contributed by atoms with van der Waals surface area (Å²) in [6.45, 7) is 8.40. The molecule has 1 rings (SSSR count). The van der Waals surface area contributed by atoms with Gasteiger partial charge < -0.3 is 5.11 Å². The Kier molecular flexibility index (Phi) is 6.60. The summed E-state index contributed by atoms with van der Waals surface area (Å²) >= 11 is 0. The van der Waals surface area contributed by atoms with Gasteiger partial charge in [0, 0.05) is 13.1 Å². The molecule has 1 aromatic rings. The Morgan fingerprint density at radius 3 is 2.65 bits per heavy atom. The number of allylic oxidation sites excluding steroid dienone is 1. The molecular formula is C15H23NO. The predicted molar refractivity (Wildman–Crippen MR) is 72.8 cm³/mol. The Labute approximate surface area is 105 Å². The zero-order valence-electron chi connectivity index (χ0n) is 10.7. The van der Waals surface area contributed by atoms with Crippen LogP contribution in [0, 0.1) is 0 Å². The summed E-state index contributed by atoms with van der Waals surface area (Å²) < 4.78 is 0. The molecule has 2 heteroatoms. The molecule has 17 heavy (non-hydrogen) atoms. The van der Waals surface area contributed by atoms with Gasteiger partial charge in [0.25, 0.3) is 0 Å². The van der Waals surface area contributed by atoms with Gasteiger partial charge in [0.2, 0.25) is 0 Å². The normalized spacial score (nSPS) is 12.6. The fraction of sp³-hybridized carbons (Fsp3) is 0.467. The largest absolute Gasteiger partial charge is 0.392 e. The first kappa shape index (κ1) is 13.9. The molecule has 0 spiro atoms. The highest BCUT2D eigenvalue weighted by molar-refractivity contribution is 5.14. The summed E-state index contributed by atoms with van der Waals surface area (Å²) in [7, 11) is 0. The summed E-state index contributed by atoms with van der Waals surface area (Å²) in [6.07, 6.45) is 3.28. The van der Waals surface area contributed by atoms with Crippen molar-refractivity contribution in [2.75, 3.05) is 13.1 Å². The molecule has 0 amide bonds. The van der Waals surface area contributed by atoms with Crippen LogP contribution >= 0.6 is 0 Å². The molecule has 94 valence electrons. The van der Waals surface area contributed by atoms with E-state index in [0.29, 0.717) is 0 Å². The number of rotatable bonds is 8. The lowest BCUT2D eigenvalue weighted by atomic mass is 10.1. The Hall–Kier alpha value is -1.12. The minimum atomic E-state index is -0.253. The number of likely N-dealkylation sites (N-methyl/N-ethyl adjacent to an activating group) is 1. The third-order valence-electron chi connectivity index (χ3n) is 2.87. The van der Waals surface area contributed by atoms with Crippen LogP contribution in [0.15, 0.2) is 43.0 Å². The second-order valence-corrected chi connectivity index (χ2v) is 4.33. The van der Waals surface area contributed by atoms with Gasteiger partial charge in [-0.25, -0.2) is 0 Å². The molecule has 2 nitrogen and oxygen atoms in total. The average molecular weight is 233 g/mol. The van der Waals surface area contributed by atoms with Crippen molar-refractivity contribution >= 4 is 0 Å². The maximum absolute atomic E-state index is 9.87. The van der Waals surface area contributed by atoms with Crippen LogP contribution in [-0.2, 0) is 6.54 Å². The molecular weight excluding hydrogens is 210 g/mol. The van der Waals surface area contributed by atoms with E-state index in [2.05, 4.69) is 42.7 Å². The van der Waals surface area contributed by atoms with Gasteiger partial charge in [-0.3, -0.25) is 4.90 Å². The number of hydrogen-bond donors (Lipinski definition) is 1. The predicted octanol–water partition coefficient (Wildman–Crippen LogP) is 2.84. The molecule has 1 N–H and O–H groups in total. The molecule has 0 saturated carbocycles. The second-order valence-electron chi connectivity index (χ2n) is 4.33. The van der Waals surface area contributed by atoms with Gasteiger partial charge in [-0.05, 0) is 24.9 Å². The quantitative estimate of drug-likeness (QED) is 0.698. The number of nitrogens with zero attached hydrogens (tertiary/aromatic N) is 1. The van der Waals surface area contributed by atoms with Gasteiger partial charge in [0.15, 0.2) is 0 Å². The van der Waals surface area contributed by atoms with Gasteiger partial charge in [-0.15, -0.1) is 6.58 Å². The van der Waals surface area contributed by atoms with Crippen LogP contribution in [0.4, 0.5) is 0 Å². The third-order valence-corrected chi connectivity index (χ3v) is 2.87. The number of aliphatic hydroxyl groups excluding tert-OH is 1. The first-order valence-corrected chi connectivity index (χ1v) is 6.31. The average Bonchev–Trinajstić information content (AvgIpc) is 2.36. The SMILES string of the molecule is C=CCCC(O)CN(CC)Cc1ccccc1. The highest BCUT2D eigenvalue weighted by Gasteiger charge is 2.09. The van der Waals surface area contributed by atoms with E-state index in [1.165, 1.54) is 5.56 Å². The van der Waals surface area contributed by atoms with Crippen LogP contribution in [0.1, 0.15) is 25.3 Å². The van der Waals surface area contributed by atoms with E-state index >= 15 is 0 Å². The van der Waals surface area contributed by atoms with Crippen LogP contribution in [-0.4, -0.2) is 29.2 Å². The molecule has 0 aromatic heterocycles. The van der Waals surface area contributed by atoms with E-state index in [-0.39, 0.29) is 6.10 Å². The van der Waals surface area contributed by atoms with Crippen molar-refractivity contribution in [2.24, 2.45) is 0 Å². The highest BCUT2D eigenvalue weighted by atomic mass is 16.3. The molecule has 0 aliphatic heterocycles. The third kappa shape index (κ3) is 5.66. The summed E-state index contributed by atoms with van der Waals surface area (Å²) in [6, 6.07) is 10.4. The number of hydrogen-bond acceptors (Lipinski definition) is 2. The van der Waals surface area contributed by atoms with E-state index in [1.807, 2.05) is 12.1 Å². The lowest BCUT2D eigenvalue weighted by Crippen LogP contribution is -2.31. The van der Waals surface area contributed by atoms with Crippen LogP contribution in [0.3, 0.4) is 0 Å². The van der Waals surface area contributed by atoms with Gasteiger partial charge in [-0.2, -0.15) is 0 Å². The lowest BCUT2D eigenvalue weighted by molar-refractivity contribution is 0.105. The number of aliphatic hydroxyl groups is 1. The van der Waals surface area contributed by atoms with Crippen LogP contribution in [0.2, 0.25) is 0 Å². The molecule has 0 bridgehead atoms. The molecule has 0 fully saturated rings. The van der Waals surface area contributed by atoms with Crippen LogP contribution in [0.25, 0.3) is 0 Å². The molecule has 0 aliphatic rings. The Balaban J connectivity index is 2.40. The maximum atomic E-state index is 9.87. The summed E-state index contributed by atoms with van der Waals surface area (Å²) in [5, 5.41) is 9.87. The van der Waals surface area contributed by atoms with Gasteiger partial charge in [0.05, 0.1) is 6.10 Å². The lowest BCUT2D eigenvalue weighted by Gasteiger charge is -2.23. The van der Waals surface area contributed by atoms with E-state index in [9.17, 15) is 5.11 Å². The second kappa shape index (κ2) is 8.04. The minimum Gasteiger partial charge on any atom is -0.392 e. The summed E-state index contributed by atoms with van der Waals surface area (Å²) in [5.41, 5.74) is 1.30. The Bertz CT molecular complexity index is 310.